The summed E-state index contributed by atoms with van der Waals surface area (Å²) in [5, 5.41) is 9.25. The van der Waals surface area contributed by atoms with E-state index in [2.05, 4.69) is 15.9 Å². The summed E-state index contributed by atoms with van der Waals surface area (Å²) in [6.45, 7) is 3.74. The molecule has 2 aromatic rings. The van der Waals surface area contributed by atoms with Crippen molar-refractivity contribution in [2.45, 2.75) is 20.5 Å². The maximum absolute atomic E-state index is 13.3. The van der Waals surface area contributed by atoms with Crippen LogP contribution in [0.2, 0.25) is 0 Å². The van der Waals surface area contributed by atoms with E-state index in [-0.39, 0.29) is 18.0 Å². The molecule has 0 radical (unpaired) electrons. The van der Waals surface area contributed by atoms with Gasteiger partial charge < -0.3 is 9.84 Å². The van der Waals surface area contributed by atoms with Crippen LogP contribution in [-0.2, 0) is 6.61 Å². The van der Waals surface area contributed by atoms with Crippen LogP contribution in [-0.4, -0.2) is 11.1 Å². The fourth-order valence-electron chi connectivity index (χ4n) is 2.03. The summed E-state index contributed by atoms with van der Waals surface area (Å²) in [7, 11) is 0. The number of aryl methyl sites for hydroxylation is 2. The largest absolute Gasteiger partial charge is 0.488 e. The van der Waals surface area contributed by atoms with Crippen LogP contribution in [0.25, 0.3) is 0 Å². The van der Waals surface area contributed by atoms with Gasteiger partial charge in [0.15, 0.2) is 0 Å². The van der Waals surface area contributed by atoms with E-state index < -0.39 is 5.97 Å². The number of halogens is 2. The summed E-state index contributed by atoms with van der Waals surface area (Å²) in [4.78, 5) is 11.3. The van der Waals surface area contributed by atoms with Gasteiger partial charge in [-0.05, 0) is 54.8 Å². The van der Waals surface area contributed by atoms with Crippen molar-refractivity contribution in [3.63, 3.8) is 0 Å². The van der Waals surface area contributed by atoms with Gasteiger partial charge in [0.25, 0.3) is 0 Å². The van der Waals surface area contributed by atoms with Gasteiger partial charge in [-0.3, -0.25) is 0 Å². The molecule has 21 heavy (non-hydrogen) atoms. The molecule has 0 atom stereocenters. The first-order chi connectivity index (χ1) is 9.88. The zero-order chi connectivity index (χ0) is 15.6. The number of rotatable bonds is 4. The van der Waals surface area contributed by atoms with Crippen molar-refractivity contribution in [3.8, 4) is 5.75 Å². The number of carbonyl (C=O) groups is 1. The van der Waals surface area contributed by atoms with Crippen LogP contribution in [0.4, 0.5) is 4.39 Å². The molecule has 2 aromatic carbocycles. The molecule has 0 unspecified atom stereocenters. The van der Waals surface area contributed by atoms with E-state index in [0.717, 1.165) is 5.56 Å². The molecule has 0 saturated carbocycles. The van der Waals surface area contributed by atoms with Gasteiger partial charge in [-0.25, -0.2) is 9.18 Å². The van der Waals surface area contributed by atoms with Crippen LogP contribution in [0.5, 0.6) is 5.75 Å². The predicted molar refractivity (Wildman–Crippen MR) is 81.3 cm³/mol. The molecule has 5 heteroatoms. The lowest BCUT2D eigenvalue weighted by atomic mass is 10.1. The fourth-order valence-corrected chi connectivity index (χ4v) is 2.60. The fraction of sp³-hybridized carbons (Fsp3) is 0.188. The maximum atomic E-state index is 13.3. The van der Waals surface area contributed by atoms with Crippen LogP contribution >= 0.6 is 15.9 Å². The van der Waals surface area contributed by atoms with Crippen LogP contribution in [0.15, 0.2) is 34.8 Å². The van der Waals surface area contributed by atoms with Crippen molar-refractivity contribution in [2.24, 2.45) is 0 Å². The minimum atomic E-state index is -1.06. The zero-order valence-electron chi connectivity index (χ0n) is 11.6. The van der Waals surface area contributed by atoms with E-state index in [1.165, 1.54) is 18.2 Å². The third-order valence-corrected chi connectivity index (χ3v) is 3.61. The van der Waals surface area contributed by atoms with E-state index in [9.17, 15) is 14.3 Å². The van der Waals surface area contributed by atoms with Gasteiger partial charge >= 0.3 is 5.97 Å². The first kappa shape index (κ1) is 15.5. The van der Waals surface area contributed by atoms with E-state index in [1.54, 1.807) is 19.1 Å². The summed E-state index contributed by atoms with van der Waals surface area (Å²) < 4.78 is 19.6. The number of carboxylic acids is 1. The molecule has 110 valence electrons. The Balaban J connectivity index is 2.32. The highest BCUT2D eigenvalue weighted by atomic mass is 79.9. The van der Waals surface area contributed by atoms with Gasteiger partial charge in [-0.1, -0.05) is 22.0 Å². The maximum Gasteiger partial charge on any atom is 0.339 e. The molecule has 0 bridgehead atoms. The van der Waals surface area contributed by atoms with Gasteiger partial charge in [0, 0.05) is 4.47 Å². The highest BCUT2D eigenvalue weighted by Crippen LogP contribution is 2.29. The third kappa shape index (κ3) is 3.61. The number of benzene rings is 2. The minimum Gasteiger partial charge on any atom is -0.488 e. The number of aromatic carboxylic acids is 1. The van der Waals surface area contributed by atoms with Gasteiger partial charge in [0.05, 0.1) is 0 Å². The average Bonchev–Trinajstić information content (AvgIpc) is 2.40. The molecule has 0 spiro atoms. The highest BCUT2D eigenvalue weighted by molar-refractivity contribution is 9.10. The zero-order valence-corrected chi connectivity index (χ0v) is 13.2. The monoisotopic (exact) mass is 352 g/mol. The number of hydrogen-bond donors (Lipinski definition) is 1. The molecular formula is C16H14BrFO3. The Hall–Kier alpha value is -1.88. The number of hydrogen-bond acceptors (Lipinski definition) is 2. The molecule has 3 nitrogen and oxygen atoms in total. The Morgan fingerprint density at radius 3 is 2.62 bits per heavy atom. The van der Waals surface area contributed by atoms with Crippen molar-refractivity contribution in [3.05, 3.63) is 62.9 Å². The van der Waals surface area contributed by atoms with Crippen LogP contribution in [0.1, 0.15) is 27.0 Å². The van der Waals surface area contributed by atoms with Gasteiger partial charge in [-0.15, -0.1) is 0 Å². The average molecular weight is 353 g/mol. The lowest BCUT2D eigenvalue weighted by Crippen LogP contribution is -2.06. The molecule has 0 aliphatic carbocycles. The predicted octanol–water partition coefficient (Wildman–Crippen LogP) is 4.48. The van der Waals surface area contributed by atoms with E-state index in [4.69, 9.17) is 4.74 Å². The highest BCUT2D eigenvalue weighted by Gasteiger charge is 2.15. The second kappa shape index (κ2) is 6.26. The molecule has 0 amide bonds. The summed E-state index contributed by atoms with van der Waals surface area (Å²) in [5.74, 6) is -1.11. The second-order valence-corrected chi connectivity index (χ2v) is 5.68. The van der Waals surface area contributed by atoms with Gasteiger partial charge in [-0.2, -0.15) is 0 Å². The van der Waals surface area contributed by atoms with Crippen LogP contribution < -0.4 is 4.74 Å². The van der Waals surface area contributed by atoms with Gasteiger partial charge in [0.2, 0.25) is 0 Å². The normalized spacial score (nSPS) is 10.5. The summed E-state index contributed by atoms with van der Waals surface area (Å²) >= 11 is 3.26. The number of carboxylic acid groups (broad SMARTS) is 1. The van der Waals surface area contributed by atoms with Crippen molar-refractivity contribution in [1.82, 2.24) is 0 Å². The van der Waals surface area contributed by atoms with Crippen LogP contribution in [0, 0.1) is 19.7 Å². The smallest absolute Gasteiger partial charge is 0.339 e. The lowest BCUT2D eigenvalue weighted by Gasteiger charge is -2.14. The lowest BCUT2D eigenvalue weighted by molar-refractivity contribution is 0.0691. The number of ether oxygens (including phenoxy) is 1. The standard InChI is InChI=1S/C16H14BrFO3/c1-9-3-4-13(18)6-11(9)8-21-15-10(2)5-12(17)7-14(15)16(19)20/h3-7H,8H2,1-2H3,(H,19,20). The quantitative estimate of drug-likeness (QED) is 0.882. The molecule has 1 N–H and O–H groups in total. The van der Waals surface area contributed by atoms with Crippen molar-refractivity contribution >= 4 is 21.9 Å². The first-order valence-electron chi connectivity index (χ1n) is 6.29. The van der Waals surface area contributed by atoms with E-state index in [1.807, 2.05) is 6.92 Å². The van der Waals surface area contributed by atoms with E-state index >= 15 is 0 Å². The second-order valence-electron chi connectivity index (χ2n) is 4.76. The van der Waals surface area contributed by atoms with Gasteiger partial charge in [0.1, 0.15) is 23.7 Å². The Kier molecular flexibility index (Phi) is 4.63. The molecule has 0 saturated heterocycles. The Morgan fingerprint density at radius 2 is 1.95 bits per heavy atom. The van der Waals surface area contributed by atoms with E-state index in [0.29, 0.717) is 21.3 Å². The Labute approximate surface area is 130 Å². The molecule has 0 heterocycles. The molecule has 2 rings (SSSR count). The molecule has 0 aliphatic rings. The summed E-state index contributed by atoms with van der Waals surface area (Å²) in [6, 6.07) is 7.71. The van der Waals surface area contributed by atoms with Crippen LogP contribution in [0.3, 0.4) is 0 Å². The first-order valence-corrected chi connectivity index (χ1v) is 7.09. The summed E-state index contributed by atoms with van der Waals surface area (Å²) in [5.41, 5.74) is 2.36. The topological polar surface area (TPSA) is 46.5 Å². The Morgan fingerprint density at radius 1 is 1.24 bits per heavy atom. The Bertz CT molecular complexity index is 698. The third-order valence-electron chi connectivity index (χ3n) is 3.15. The van der Waals surface area contributed by atoms with Crippen molar-refractivity contribution < 1.29 is 19.0 Å². The molecule has 0 fully saturated rings. The molecular weight excluding hydrogens is 339 g/mol. The molecule has 0 aromatic heterocycles. The minimum absolute atomic E-state index is 0.0796. The van der Waals surface area contributed by atoms with Crippen molar-refractivity contribution in [2.75, 3.05) is 0 Å². The SMILES string of the molecule is Cc1ccc(F)cc1COc1c(C)cc(Br)cc1C(=O)O. The van der Waals surface area contributed by atoms with Crippen molar-refractivity contribution in [1.29, 1.82) is 0 Å². The molecule has 0 aliphatic heterocycles. The summed E-state index contributed by atoms with van der Waals surface area (Å²) in [6.07, 6.45) is 0.